The fraction of sp³-hybridized carbons (Fsp3) is 0.909. The molecule has 5 nitrogen and oxygen atoms in total. The van der Waals surface area contributed by atoms with Crippen molar-refractivity contribution >= 4 is 5.91 Å². The Morgan fingerprint density at radius 1 is 1.44 bits per heavy atom. The molecular weight excluding hydrogens is 208 g/mol. The van der Waals surface area contributed by atoms with Gasteiger partial charge in [-0.15, -0.1) is 0 Å². The summed E-state index contributed by atoms with van der Waals surface area (Å²) >= 11 is 0. The Hall–Kier alpha value is -0.650. The number of carbonyl (C=O) groups excluding carboxylic acids is 1. The zero-order chi connectivity index (χ0) is 11.8. The van der Waals surface area contributed by atoms with Gasteiger partial charge in [0.2, 0.25) is 5.91 Å². The van der Waals surface area contributed by atoms with Gasteiger partial charge in [0.05, 0.1) is 19.8 Å². The molecule has 0 bridgehead atoms. The summed E-state index contributed by atoms with van der Waals surface area (Å²) in [5.41, 5.74) is 2.46. The topological polar surface area (TPSA) is 50.8 Å². The molecule has 0 atom stereocenters. The predicted molar refractivity (Wildman–Crippen MR) is 60.8 cm³/mol. The third-order valence-electron chi connectivity index (χ3n) is 2.39. The van der Waals surface area contributed by atoms with Crippen molar-refractivity contribution in [2.24, 2.45) is 5.92 Å². The molecule has 0 spiro atoms. The van der Waals surface area contributed by atoms with Gasteiger partial charge in [-0.2, -0.15) is 0 Å². The summed E-state index contributed by atoms with van der Waals surface area (Å²) in [5.74, 6) is 0.319. The van der Waals surface area contributed by atoms with Crippen LogP contribution < -0.4 is 5.48 Å². The van der Waals surface area contributed by atoms with Crippen molar-refractivity contribution in [3.05, 3.63) is 0 Å². The summed E-state index contributed by atoms with van der Waals surface area (Å²) in [6.07, 6.45) is 0.511. The molecular formula is C11H22N2O3. The van der Waals surface area contributed by atoms with E-state index < -0.39 is 0 Å². The summed E-state index contributed by atoms with van der Waals surface area (Å²) < 4.78 is 5.24. The van der Waals surface area contributed by atoms with E-state index in [2.05, 4.69) is 10.4 Å². The smallest absolute Gasteiger partial charge is 0.243 e. The number of hydrogen-bond donors (Lipinski definition) is 1. The van der Waals surface area contributed by atoms with Crippen molar-refractivity contribution in [2.75, 3.05) is 39.5 Å². The Morgan fingerprint density at radius 3 is 2.75 bits per heavy atom. The van der Waals surface area contributed by atoms with Crippen LogP contribution in [0.5, 0.6) is 0 Å². The highest BCUT2D eigenvalue weighted by Crippen LogP contribution is 1.98. The molecule has 0 aromatic rings. The molecule has 1 N–H and O–H groups in total. The van der Waals surface area contributed by atoms with Gasteiger partial charge in [-0.1, -0.05) is 13.8 Å². The standard InChI is InChI=1S/C11H22N2O3/c1-10(2)9-11(14)12-16-8-5-13-3-6-15-7-4-13/h10H,3-9H2,1-2H3,(H,12,14). The van der Waals surface area contributed by atoms with Crippen LogP contribution in [-0.2, 0) is 14.4 Å². The quantitative estimate of drug-likeness (QED) is 0.530. The maximum atomic E-state index is 11.2. The Morgan fingerprint density at radius 2 is 2.12 bits per heavy atom. The van der Waals surface area contributed by atoms with Gasteiger partial charge in [-0.3, -0.25) is 14.5 Å². The van der Waals surface area contributed by atoms with Crippen molar-refractivity contribution in [3.8, 4) is 0 Å². The molecule has 0 radical (unpaired) electrons. The molecule has 16 heavy (non-hydrogen) atoms. The van der Waals surface area contributed by atoms with E-state index in [1.807, 2.05) is 13.8 Å². The molecule has 94 valence electrons. The Labute approximate surface area is 97.0 Å². The first-order valence-electron chi connectivity index (χ1n) is 5.89. The average Bonchev–Trinajstić information content (AvgIpc) is 2.25. The lowest BCUT2D eigenvalue weighted by molar-refractivity contribution is -0.134. The number of rotatable bonds is 6. The number of nitrogens with zero attached hydrogens (tertiary/aromatic N) is 1. The molecule has 5 heteroatoms. The second kappa shape index (κ2) is 7.60. The minimum atomic E-state index is -0.0445. The van der Waals surface area contributed by atoms with Crippen LogP contribution in [0.4, 0.5) is 0 Å². The van der Waals surface area contributed by atoms with E-state index in [0.717, 1.165) is 32.8 Å². The number of hydroxylamine groups is 1. The molecule has 1 heterocycles. The number of morpholine rings is 1. The molecule has 0 saturated carbocycles. The molecule has 0 aliphatic carbocycles. The van der Waals surface area contributed by atoms with Gasteiger partial charge in [-0.25, -0.2) is 5.48 Å². The van der Waals surface area contributed by atoms with Gasteiger partial charge in [0.1, 0.15) is 0 Å². The van der Waals surface area contributed by atoms with Crippen LogP contribution >= 0.6 is 0 Å². The van der Waals surface area contributed by atoms with Gasteiger partial charge < -0.3 is 4.74 Å². The first-order valence-corrected chi connectivity index (χ1v) is 5.89. The SMILES string of the molecule is CC(C)CC(=O)NOCCN1CCOCC1. The minimum absolute atomic E-state index is 0.0445. The van der Waals surface area contributed by atoms with Gasteiger partial charge >= 0.3 is 0 Å². The van der Waals surface area contributed by atoms with Crippen molar-refractivity contribution in [1.82, 2.24) is 10.4 Å². The van der Waals surface area contributed by atoms with Crippen LogP contribution in [0.2, 0.25) is 0 Å². The summed E-state index contributed by atoms with van der Waals surface area (Å²) in [7, 11) is 0. The van der Waals surface area contributed by atoms with Crippen molar-refractivity contribution in [1.29, 1.82) is 0 Å². The number of amides is 1. The molecule has 0 unspecified atom stereocenters. The van der Waals surface area contributed by atoms with E-state index >= 15 is 0 Å². The maximum absolute atomic E-state index is 11.2. The lowest BCUT2D eigenvalue weighted by Gasteiger charge is -2.26. The van der Waals surface area contributed by atoms with E-state index in [0.29, 0.717) is 18.9 Å². The third kappa shape index (κ3) is 6.05. The van der Waals surface area contributed by atoms with E-state index in [9.17, 15) is 4.79 Å². The molecule has 0 aromatic heterocycles. The summed E-state index contributed by atoms with van der Waals surface area (Å²) in [6, 6.07) is 0. The van der Waals surface area contributed by atoms with E-state index in [1.54, 1.807) is 0 Å². The van der Waals surface area contributed by atoms with Gasteiger partial charge in [-0.05, 0) is 5.92 Å². The number of nitrogens with one attached hydrogen (secondary N) is 1. The average molecular weight is 230 g/mol. The normalized spacial score (nSPS) is 17.7. The highest BCUT2D eigenvalue weighted by atomic mass is 16.7. The molecule has 1 saturated heterocycles. The minimum Gasteiger partial charge on any atom is -0.379 e. The van der Waals surface area contributed by atoms with E-state index in [1.165, 1.54) is 0 Å². The second-order valence-corrected chi connectivity index (χ2v) is 4.43. The summed E-state index contributed by atoms with van der Waals surface area (Å²) in [6.45, 7) is 8.86. The molecule has 1 amide bonds. The van der Waals surface area contributed by atoms with Gasteiger partial charge in [0.15, 0.2) is 0 Å². The fourth-order valence-electron chi connectivity index (χ4n) is 1.54. The van der Waals surface area contributed by atoms with E-state index in [-0.39, 0.29) is 5.91 Å². The molecule has 1 fully saturated rings. The highest BCUT2D eigenvalue weighted by Gasteiger charge is 2.10. The number of carbonyl (C=O) groups is 1. The molecule has 0 aromatic carbocycles. The second-order valence-electron chi connectivity index (χ2n) is 4.43. The Balaban J connectivity index is 1.96. The predicted octanol–water partition coefficient (Wildman–Crippen LogP) is 0.413. The largest absolute Gasteiger partial charge is 0.379 e. The Bertz CT molecular complexity index is 203. The van der Waals surface area contributed by atoms with Crippen LogP contribution in [0.1, 0.15) is 20.3 Å². The van der Waals surface area contributed by atoms with Gasteiger partial charge in [0, 0.05) is 26.1 Å². The third-order valence-corrected chi connectivity index (χ3v) is 2.39. The monoisotopic (exact) mass is 230 g/mol. The highest BCUT2D eigenvalue weighted by molar-refractivity contribution is 5.74. The molecule has 1 aliphatic heterocycles. The van der Waals surface area contributed by atoms with E-state index in [4.69, 9.17) is 9.57 Å². The van der Waals surface area contributed by atoms with Gasteiger partial charge in [0.25, 0.3) is 0 Å². The first kappa shape index (κ1) is 13.4. The van der Waals surface area contributed by atoms with Crippen molar-refractivity contribution in [2.45, 2.75) is 20.3 Å². The van der Waals surface area contributed by atoms with Crippen LogP contribution in [-0.4, -0.2) is 50.3 Å². The van der Waals surface area contributed by atoms with Crippen molar-refractivity contribution in [3.63, 3.8) is 0 Å². The molecule has 1 rings (SSSR count). The van der Waals surface area contributed by atoms with Crippen LogP contribution in [0.3, 0.4) is 0 Å². The number of ether oxygens (including phenoxy) is 1. The van der Waals surface area contributed by atoms with Crippen LogP contribution in [0, 0.1) is 5.92 Å². The lowest BCUT2D eigenvalue weighted by atomic mass is 10.1. The maximum Gasteiger partial charge on any atom is 0.243 e. The Kier molecular flexibility index (Phi) is 6.37. The van der Waals surface area contributed by atoms with Crippen LogP contribution in [0.15, 0.2) is 0 Å². The first-order chi connectivity index (χ1) is 7.68. The summed E-state index contributed by atoms with van der Waals surface area (Å²) in [4.78, 5) is 18.6. The zero-order valence-corrected chi connectivity index (χ0v) is 10.2. The number of hydrogen-bond acceptors (Lipinski definition) is 4. The zero-order valence-electron chi connectivity index (χ0n) is 10.2. The summed E-state index contributed by atoms with van der Waals surface area (Å²) in [5, 5.41) is 0. The molecule has 1 aliphatic rings. The van der Waals surface area contributed by atoms with Crippen LogP contribution in [0.25, 0.3) is 0 Å². The van der Waals surface area contributed by atoms with Crippen molar-refractivity contribution < 1.29 is 14.4 Å². The fourth-order valence-corrected chi connectivity index (χ4v) is 1.54. The lowest BCUT2D eigenvalue weighted by Crippen LogP contribution is -2.39.